The zero-order valence-electron chi connectivity index (χ0n) is 9.67. The van der Waals surface area contributed by atoms with Gasteiger partial charge in [-0.25, -0.2) is 4.79 Å². The van der Waals surface area contributed by atoms with E-state index < -0.39 is 11.6 Å². The van der Waals surface area contributed by atoms with Crippen molar-refractivity contribution in [3.8, 4) is 0 Å². The van der Waals surface area contributed by atoms with Crippen molar-refractivity contribution in [2.24, 2.45) is 5.92 Å². The zero-order valence-corrected chi connectivity index (χ0v) is 9.67. The van der Waals surface area contributed by atoms with Crippen molar-refractivity contribution in [2.45, 2.75) is 52.6 Å². The molecule has 0 aliphatic carbocycles. The Morgan fingerprint density at radius 2 is 2.07 bits per heavy atom. The summed E-state index contributed by atoms with van der Waals surface area (Å²) in [5, 5.41) is 9.06. The maximum absolute atomic E-state index is 11.0. The van der Waals surface area contributed by atoms with Gasteiger partial charge in [0.1, 0.15) is 0 Å². The lowest BCUT2D eigenvalue weighted by Crippen LogP contribution is -2.40. The average molecular weight is 202 g/mol. The predicted octanol–water partition coefficient (Wildman–Crippen LogP) is 2.69. The van der Waals surface area contributed by atoms with Gasteiger partial charge in [-0.15, -0.1) is 0 Å². The van der Waals surface area contributed by atoms with E-state index in [2.05, 4.69) is 6.92 Å². The highest BCUT2D eigenvalue weighted by Gasteiger charge is 2.34. The molecule has 0 saturated heterocycles. The molecule has 0 aliphatic heterocycles. The zero-order chi connectivity index (χ0) is 11.2. The highest BCUT2D eigenvalue weighted by Crippen LogP contribution is 2.21. The number of rotatable bonds is 7. The van der Waals surface area contributed by atoms with E-state index in [0.29, 0.717) is 18.9 Å². The van der Waals surface area contributed by atoms with E-state index >= 15 is 0 Å². The van der Waals surface area contributed by atoms with Crippen LogP contribution >= 0.6 is 0 Å². The molecule has 0 rings (SSSR count). The highest BCUT2D eigenvalue weighted by molar-refractivity contribution is 5.76. The lowest BCUT2D eigenvalue weighted by molar-refractivity contribution is -0.166. The first-order valence-corrected chi connectivity index (χ1v) is 5.29. The van der Waals surface area contributed by atoms with Gasteiger partial charge in [0.05, 0.1) is 0 Å². The number of carboxylic acids is 1. The number of carbonyl (C=O) groups is 1. The molecule has 0 bridgehead atoms. The van der Waals surface area contributed by atoms with E-state index in [1.165, 1.54) is 0 Å². The van der Waals surface area contributed by atoms with Gasteiger partial charge in [0.25, 0.3) is 0 Å². The molecule has 0 radical (unpaired) electrons. The fourth-order valence-corrected chi connectivity index (χ4v) is 1.43. The van der Waals surface area contributed by atoms with E-state index in [1.54, 1.807) is 6.92 Å². The van der Waals surface area contributed by atoms with Crippen LogP contribution in [0.5, 0.6) is 0 Å². The van der Waals surface area contributed by atoms with Gasteiger partial charge in [0.15, 0.2) is 5.60 Å². The number of aliphatic carboxylic acids is 1. The van der Waals surface area contributed by atoms with E-state index in [-0.39, 0.29) is 0 Å². The Labute approximate surface area is 86.5 Å². The Morgan fingerprint density at radius 3 is 2.43 bits per heavy atom. The molecule has 0 spiro atoms. The Balaban J connectivity index is 4.17. The third kappa shape index (κ3) is 4.61. The molecule has 14 heavy (non-hydrogen) atoms. The van der Waals surface area contributed by atoms with Crippen LogP contribution < -0.4 is 0 Å². The Bertz CT molecular complexity index is 177. The molecule has 0 aromatic heterocycles. The fourth-order valence-electron chi connectivity index (χ4n) is 1.43. The minimum atomic E-state index is -1.01. The third-order valence-electron chi connectivity index (χ3n) is 2.17. The van der Waals surface area contributed by atoms with Crippen molar-refractivity contribution in [3.05, 3.63) is 0 Å². The molecular formula is C11H22O3. The second kappa shape index (κ2) is 6.02. The molecule has 0 aromatic rings. The number of carboxylic acid groups (broad SMARTS) is 1. The first kappa shape index (κ1) is 13.4. The van der Waals surface area contributed by atoms with Crippen molar-refractivity contribution in [1.29, 1.82) is 0 Å². The first-order chi connectivity index (χ1) is 6.42. The molecule has 0 amide bonds. The average Bonchev–Trinajstić information content (AvgIpc) is 2.03. The largest absolute Gasteiger partial charge is 0.479 e. The lowest BCUT2D eigenvalue weighted by Gasteiger charge is -2.27. The molecule has 0 aromatic carbocycles. The third-order valence-corrected chi connectivity index (χ3v) is 2.17. The Kier molecular flexibility index (Phi) is 5.77. The van der Waals surface area contributed by atoms with Crippen LogP contribution in [-0.2, 0) is 9.53 Å². The van der Waals surface area contributed by atoms with Crippen molar-refractivity contribution < 1.29 is 14.6 Å². The molecule has 84 valence electrons. The number of hydrogen-bond donors (Lipinski definition) is 1. The Morgan fingerprint density at radius 1 is 1.50 bits per heavy atom. The summed E-state index contributed by atoms with van der Waals surface area (Å²) < 4.78 is 5.44. The molecular weight excluding hydrogens is 180 g/mol. The van der Waals surface area contributed by atoms with Gasteiger partial charge in [-0.1, -0.05) is 27.2 Å². The van der Waals surface area contributed by atoms with Crippen LogP contribution in [0.15, 0.2) is 0 Å². The SMILES string of the molecule is CCCCOC(C)(CC(C)C)C(=O)O. The predicted molar refractivity (Wildman–Crippen MR) is 56.4 cm³/mol. The lowest BCUT2D eigenvalue weighted by atomic mass is 9.94. The summed E-state index contributed by atoms with van der Waals surface area (Å²) in [4.78, 5) is 11.0. The summed E-state index contributed by atoms with van der Waals surface area (Å²) in [7, 11) is 0. The number of hydrogen-bond acceptors (Lipinski definition) is 2. The minimum Gasteiger partial charge on any atom is -0.479 e. The monoisotopic (exact) mass is 202 g/mol. The summed E-state index contributed by atoms with van der Waals surface area (Å²) in [6.45, 7) is 8.26. The van der Waals surface area contributed by atoms with Crippen LogP contribution in [-0.4, -0.2) is 23.3 Å². The molecule has 1 atom stereocenters. The van der Waals surface area contributed by atoms with Crippen LogP contribution in [0.2, 0.25) is 0 Å². The standard InChI is InChI=1S/C11H22O3/c1-5-6-7-14-11(4,10(12)13)8-9(2)3/h9H,5-8H2,1-4H3,(H,12,13). The maximum atomic E-state index is 11.0. The summed E-state index contributed by atoms with van der Waals surface area (Å²) >= 11 is 0. The van der Waals surface area contributed by atoms with E-state index in [1.807, 2.05) is 13.8 Å². The quantitative estimate of drug-likeness (QED) is 0.646. The first-order valence-electron chi connectivity index (χ1n) is 5.29. The summed E-state index contributed by atoms with van der Waals surface area (Å²) in [5.74, 6) is -0.528. The number of unbranched alkanes of at least 4 members (excludes halogenated alkanes) is 1. The van der Waals surface area contributed by atoms with Gasteiger partial charge < -0.3 is 9.84 Å². The van der Waals surface area contributed by atoms with Crippen molar-refractivity contribution in [3.63, 3.8) is 0 Å². The van der Waals surface area contributed by atoms with Gasteiger partial charge in [-0.05, 0) is 25.7 Å². The van der Waals surface area contributed by atoms with Gasteiger partial charge >= 0.3 is 5.97 Å². The van der Waals surface area contributed by atoms with Crippen LogP contribution in [0.25, 0.3) is 0 Å². The molecule has 0 fully saturated rings. The van der Waals surface area contributed by atoms with Crippen molar-refractivity contribution in [2.75, 3.05) is 6.61 Å². The molecule has 0 aliphatic rings. The van der Waals surface area contributed by atoms with E-state index in [4.69, 9.17) is 9.84 Å². The summed E-state index contributed by atoms with van der Waals surface area (Å²) in [6.07, 6.45) is 2.50. The van der Waals surface area contributed by atoms with Gasteiger partial charge in [0.2, 0.25) is 0 Å². The smallest absolute Gasteiger partial charge is 0.335 e. The molecule has 1 unspecified atom stereocenters. The summed E-state index contributed by atoms with van der Waals surface area (Å²) in [5.41, 5.74) is -1.01. The van der Waals surface area contributed by atoms with E-state index in [9.17, 15) is 4.79 Å². The molecule has 3 nitrogen and oxygen atoms in total. The van der Waals surface area contributed by atoms with Gasteiger partial charge in [-0.3, -0.25) is 0 Å². The molecule has 0 saturated carbocycles. The second-order valence-electron chi connectivity index (χ2n) is 4.34. The van der Waals surface area contributed by atoms with Crippen LogP contribution in [0.1, 0.15) is 47.0 Å². The molecule has 0 heterocycles. The molecule has 1 N–H and O–H groups in total. The number of ether oxygens (including phenoxy) is 1. The molecule has 3 heteroatoms. The van der Waals surface area contributed by atoms with E-state index in [0.717, 1.165) is 12.8 Å². The highest BCUT2D eigenvalue weighted by atomic mass is 16.5. The van der Waals surface area contributed by atoms with Crippen LogP contribution in [0.3, 0.4) is 0 Å². The van der Waals surface area contributed by atoms with Crippen molar-refractivity contribution in [1.82, 2.24) is 0 Å². The van der Waals surface area contributed by atoms with Gasteiger partial charge in [-0.2, -0.15) is 0 Å². The minimum absolute atomic E-state index is 0.331. The Hall–Kier alpha value is -0.570. The van der Waals surface area contributed by atoms with Gasteiger partial charge in [0, 0.05) is 6.61 Å². The maximum Gasteiger partial charge on any atom is 0.335 e. The van der Waals surface area contributed by atoms with Crippen molar-refractivity contribution >= 4 is 5.97 Å². The normalized spacial score (nSPS) is 15.5. The second-order valence-corrected chi connectivity index (χ2v) is 4.34. The fraction of sp³-hybridized carbons (Fsp3) is 0.909. The topological polar surface area (TPSA) is 46.5 Å². The summed E-state index contributed by atoms with van der Waals surface area (Å²) in [6, 6.07) is 0. The van der Waals surface area contributed by atoms with Crippen LogP contribution in [0, 0.1) is 5.92 Å². The van der Waals surface area contributed by atoms with Crippen LogP contribution in [0.4, 0.5) is 0 Å².